The summed E-state index contributed by atoms with van der Waals surface area (Å²) in [5.74, 6) is -7.28. The Labute approximate surface area is 115 Å². The van der Waals surface area contributed by atoms with Gasteiger partial charge in [0.25, 0.3) is 0 Å². The topological polar surface area (TPSA) is 116 Å². The van der Waals surface area contributed by atoms with Gasteiger partial charge in [-0.1, -0.05) is 0 Å². The SMILES string of the molecule is O=C(O)CC(NC(=O)Nc1cc(F)c(F)cc1F)C(=O)O. The highest BCUT2D eigenvalue weighted by Crippen LogP contribution is 2.18. The summed E-state index contributed by atoms with van der Waals surface area (Å²) in [6, 6.07) is -2.50. The van der Waals surface area contributed by atoms with E-state index in [-0.39, 0.29) is 6.07 Å². The zero-order valence-electron chi connectivity index (χ0n) is 10.2. The van der Waals surface area contributed by atoms with Gasteiger partial charge >= 0.3 is 18.0 Å². The van der Waals surface area contributed by atoms with Crippen LogP contribution < -0.4 is 10.6 Å². The maximum absolute atomic E-state index is 13.2. The van der Waals surface area contributed by atoms with Crippen LogP contribution in [0.3, 0.4) is 0 Å². The second-order valence-corrected chi connectivity index (χ2v) is 3.83. The predicted molar refractivity (Wildman–Crippen MR) is 62.1 cm³/mol. The molecule has 1 aromatic carbocycles. The highest BCUT2D eigenvalue weighted by atomic mass is 19.2. The number of carbonyl (C=O) groups excluding carboxylic acids is 1. The molecule has 10 heteroatoms. The summed E-state index contributed by atoms with van der Waals surface area (Å²) in [5.41, 5.74) is -0.731. The third-order valence-corrected chi connectivity index (χ3v) is 2.24. The molecule has 0 aliphatic rings. The third-order valence-electron chi connectivity index (χ3n) is 2.24. The number of aliphatic carboxylic acids is 2. The first-order valence-electron chi connectivity index (χ1n) is 5.37. The molecule has 4 N–H and O–H groups in total. The lowest BCUT2D eigenvalue weighted by atomic mass is 10.2. The Hall–Kier alpha value is -2.78. The summed E-state index contributed by atoms with van der Waals surface area (Å²) >= 11 is 0. The number of rotatable bonds is 5. The molecule has 0 radical (unpaired) electrons. The lowest BCUT2D eigenvalue weighted by molar-refractivity contribution is -0.145. The van der Waals surface area contributed by atoms with Crippen LogP contribution in [0.15, 0.2) is 12.1 Å². The summed E-state index contributed by atoms with van der Waals surface area (Å²) in [5, 5.41) is 20.6. The van der Waals surface area contributed by atoms with Crippen LogP contribution in [0, 0.1) is 17.5 Å². The van der Waals surface area contributed by atoms with E-state index in [1.807, 2.05) is 0 Å². The molecule has 0 aliphatic carbocycles. The van der Waals surface area contributed by atoms with Crippen LogP contribution in [0.1, 0.15) is 6.42 Å². The molecule has 7 nitrogen and oxygen atoms in total. The Bertz CT molecular complexity index is 593. The number of nitrogens with one attached hydrogen (secondary N) is 2. The molecule has 0 aromatic heterocycles. The van der Waals surface area contributed by atoms with E-state index >= 15 is 0 Å². The first-order chi connectivity index (χ1) is 9.70. The maximum Gasteiger partial charge on any atom is 0.326 e. The molecule has 1 atom stereocenters. The molecular weight excluding hydrogens is 297 g/mol. The number of carboxylic acid groups (broad SMARTS) is 2. The summed E-state index contributed by atoms with van der Waals surface area (Å²) < 4.78 is 38.8. The van der Waals surface area contributed by atoms with Crippen molar-refractivity contribution in [2.75, 3.05) is 5.32 Å². The van der Waals surface area contributed by atoms with Gasteiger partial charge in [-0.2, -0.15) is 0 Å². The molecule has 1 unspecified atom stereocenters. The zero-order valence-corrected chi connectivity index (χ0v) is 10.2. The van der Waals surface area contributed by atoms with Crippen LogP contribution in [-0.2, 0) is 9.59 Å². The van der Waals surface area contributed by atoms with E-state index in [4.69, 9.17) is 10.2 Å². The van der Waals surface area contributed by atoms with E-state index < -0.39 is 53.6 Å². The third kappa shape index (κ3) is 4.67. The Morgan fingerprint density at radius 2 is 1.62 bits per heavy atom. The van der Waals surface area contributed by atoms with Crippen molar-refractivity contribution in [3.8, 4) is 0 Å². The van der Waals surface area contributed by atoms with Crippen molar-refractivity contribution in [2.45, 2.75) is 12.5 Å². The van der Waals surface area contributed by atoms with Crippen molar-refractivity contribution < 1.29 is 37.8 Å². The summed E-state index contributed by atoms with van der Waals surface area (Å²) in [6.07, 6.45) is -0.914. The highest BCUT2D eigenvalue weighted by molar-refractivity contribution is 5.93. The number of hydrogen-bond donors (Lipinski definition) is 4. The lowest BCUT2D eigenvalue weighted by Crippen LogP contribution is -2.44. The highest BCUT2D eigenvalue weighted by Gasteiger charge is 2.23. The van der Waals surface area contributed by atoms with Gasteiger partial charge in [0.05, 0.1) is 12.1 Å². The van der Waals surface area contributed by atoms with Crippen molar-refractivity contribution in [3.63, 3.8) is 0 Å². The van der Waals surface area contributed by atoms with Gasteiger partial charge in [-0.25, -0.2) is 22.8 Å². The number of carbonyl (C=O) groups is 3. The quantitative estimate of drug-likeness (QED) is 0.609. The Morgan fingerprint density at radius 1 is 1.05 bits per heavy atom. The first-order valence-corrected chi connectivity index (χ1v) is 5.37. The van der Waals surface area contributed by atoms with Gasteiger partial charge in [0.1, 0.15) is 11.9 Å². The monoisotopic (exact) mass is 306 g/mol. The van der Waals surface area contributed by atoms with Gasteiger partial charge in [-0.05, 0) is 0 Å². The molecule has 0 saturated carbocycles. The van der Waals surface area contributed by atoms with E-state index in [0.29, 0.717) is 6.07 Å². The Morgan fingerprint density at radius 3 is 2.14 bits per heavy atom. The Kier molecular flexibility index (Phi) is 5.11. The number of halogens is 3. The fourth-order valence-electron chi connectivity index (χ4n) is 1.31. The average molecular weight is 306 g/mol. The smallest absolute Gasteiger partial charge is 0.326 e. The van der Waals surface area contributed by atoms with E-state index in [2.05, 4.69) is 0 Å². The lowest BCUT2D eigenvalue weighted by Gasteiger charge is -2.13. The van der Waals surface area contributed by atoms with Crippen LogP contribution in [0.25, 0.3) is 0 Å². The number of benzene rings is 1. The predicted octanol–water partition coefficient (Wildman–Crippen LogP) is 1.15. The second kappa shape index (κ2) is 6.59. The normalized spacial score (nSPS) is 11.6. The fourth-order valence-corrected chi connectivity index (χ4v) is 1.31. The van der Waals surface area contributed by atoms with Crippen LogP contribution in [0.5, 0.6) is 0 Å². The molecule has 1 rings (SSSR count). The van der Waals surface area contributed by atoms with Gasteiger partial charge in [0.2, 0.25) is 0 Å². The minimum absolute atomic E-state index is 0.191. The van der Waals surface area contributed by atoms with Crippen LogP contribution >= 0.6 is 0 Å². The number of urea groups is 1. The van der Waals surface area contributed by atoms with Crippen molar-refractivity contribution >= 4 is 23.7 Å². The van der Waals surface area contributed by atoms with Crippen molar-refractivity contribution in [1.29, 1.82) is 0 Å². The molecule has 0 fully saturated rings. The molecule has 2 amide bonds. The molecule has 0 spiro atoms. The maximum atomic E-state index is 13.2. The van der Waals surface area contributed by atoms with Gasteiger partial charge in [0, 0.05) is 12.1 Å². The standard InChI is InChI=1S/C11H9F3N2O5/c12-4-1-6(14)7(2-5(4)13)15-11(21)16-8(10(19)20)3-9(17)18/h1-2,8H,3H2,(H,17,18)(H,19,20)(H2,15,16,21). The largest absolute Gasteiger partial charge is 0.481 e. The van der Waals surface area contributed by atoms with Crippen molar-refractivity contribution in [2.24, 2.45) is 0 Å². The summed E-state index contributed by atoms with van der Waals surface area (Å²) in [6.45, 7) is 0. The van der Waals surface area contributed by atoms with Crippen molar-refractivity contribution in [3.05, 3.63) is 29.6 Å². The summed E-state index contributed by atoms with van der Waals surface area (Å²) in [7, 11) is 0. The number of hydrogen-bond acceptors (Lipinski definition) is 3. The Balaban J connectivity index is 2.79. The molecule has 114 valence electrons. The molecule has 0 heterocycles. The van der Waals surface area contributed by atoms with E-state index in [9.17, 15) is 27.6 Å². The van der Waals surface area contributed by atoms with Gasteiger partial charge in [-0.3, -0.25) is 4.79 Å². The fraction of sp³-hybridized carbons (Fsp3) is 0.182. The van der Waals surface area contributed by atoms with Crippen LogP contribution in [0.2, 0.25) is 0 Å². The molecule has 21 heavy (non-hydrogen) atoms. The van der Waals surface area contributed by atoms with Gasteiger partial charge in [0.15, 0.2) is 11.6 Å². The molecule has 1 aromatic rings. The van der Waals surface area contributed by atoms with Gasteiger partial charge in [-0.15, -0.1) is 0 Å². The average Bonchev–Trinajstić information content (AvgIpc) is 2.34. The molecular formula is C11H9F3N2O5. The zero-order chi connectivity index (χ0) is 16.2. The molecule has 0 aliphatic heterocycles. The summed E-state index contributed by atoms with van der Waals surface area (Å²) in [4.78, 5) is 32.5. The van der Waals surface area contributed by atoms with E-state index in [1.165, 1.54) is 0 Å². The number of carboxylic acids is 2. The molecule has 0 saturated heterocycles. The number of amides is 2. The van der Waals surface area contributed by atoms with E-state index in [1.54, 1.807) is 10.6 Å². The van der Waals surface area contributed by atoms with Gasteiger partial charge < -0.3 is 20.8 Å². The van der Waals surface area contributed by atoms with Crippen LogP contribution in [-0.4, -0.2) is 34.2 Å². The minimum Gasteiger partial charge on any atom is -0.481 e. The second-order valence-electron chi connectivity index (χ2n) is 3.83. The van der Waals surface area contributed by atoms with Crippen molar-refractivity contribution in [1.82, 2.24) is 5.32 Å². The van der Waals surface area contributed by atoms with E-state index in [0.717, 1.165) is 0 Å². The minimum atomic E-state index is -1.77. The molecule has 0 bridgehead atoms. The van der Waals surface area contributed by atoms with Crippen LogP contribution in [0.4, 0.5) is 23.7 Å². The first kappa shape index (κ1) is 16.3. The number of anilines is 1.